The molecule has 0 bridgehead atoms. The van der Waals surface area contributed by atoms with Crippen LogP contribution in [0.15, 0.2) is 36.4 Å². The zero-order chi connectivity index (χ0) is 23.7. The van der Waals surface area contributed by atoms with Gasteiger partial charge in [-0.1, -0.05) is 41.4 Å². The van der Waals surface area contributed by atoms with Gasteiger partial charge in [0, 0.05) is 47.1 Å². The minimum absolute atomic E-state index is 0.0419. The van der Waals surface area contributed by atoms with Crippen LogP contribution in [0.1, 0.15) is 36.3 Å². The Balaban J connectivity index is 1.79. The minimum atomic E-state index is -4.48. The minimum Gasteiger partial charge on any atom is -0.324 e. The third-order valence-electron chi connectivity index (χ3n) is 7.07. The number of carbonyl (C=O) groups is 2. The number of hydrogen-bond acceptors (Lipinski definition) is 3. The Morgan fingerprint density at radius 2 is 1.91 bits per heavy atom. The highest BCUT2D eigenvalue weighted by Crippen LogP contribution is 2.62. The number of fused-ring (bicyclic) bond motifs is 3. The molecule has 1 aliphatic carbocycles. The van der Waals surface area contributed by atoms with Gasteiger partial charge in [0.1, 0.15) is 17.1 Å². The summed E-state index contributed by atoms with van der Waals surface area (Å²) < 4.78 is 55.2. The largest absolute Gasteiger partial charge is 0.390 e. The predicted octanol–water partition coefficient (Wildman–Crippen LogP) is 5.68. The molecule has 4 atom stereocenters. The van der Waals surface area contributed by atoms with E-state index < -0.39 is 54.3 Å². The average molecular weight is 501 g/mol. The van der Waals surface area contributed by atoms with Crippen LogP contribution in [0, 0.1) is 11.7 Å². The molecule has 10 heteroatoms. The summed E-state index contributed by atoms with van der Waals surface area (Å²) >= 11 is 12.1. The number of rotatable bonds is 3. The number of nitrogens with zero attached hydrogens (tertiary/aromatic N) is 1. The van der Waals surface area contributed by atoms with E-state index in [1.807, 2.05) is 0 Å². The number of ketones is 1. The number of Topliss-reactive ketones (excluding diaryl/α,β-unsaturated/α-hetero) is 1. The maximum Gasteiger partial charge on any atom is 0.390 e. The van der Waals surface area contributed by atoms with E-state index in [0.717, 1.165) is 0 Å². The summed E-state index contributed by atoms with van der Waals surface area (Å²) in [4.78, 5) is 28.2. The molecule has 174 valence electrons. The average Bonchev–Trinajstić information content (AvgIpc) is 3.33. The second-order valence-electron chi connectivity index (χ2n) is 8.69. The number of nitrogens with one attached hydrogen (secondary N) is 1. The van der Waals surface area contributed by atoms with E-state index >= 15 is 4.39 Å². The van der Waals surface area contributed by atoms with Crippen LogP contribution in [0.4, 0.5) is 23.2 Å². The standard InChI is InChI=1S/C23H18Cl2F4N2O2/c24-11-4-5-13-15(10-11)30-21(33)23(13)19(12-2-1-3-14(25)20(12)26)18-16(6-7-17(18)32)31(23)9-8-22(27,28)29/h1-5,10,16,18-19H,6-9H2,(H,30,33)/t16-,18-,19-,23+/m0/s1. The molecule has 1 spiro atoms. The van der Waals surface area contributed by atoms with Gasteiger partial charge in [-0.05, 0) is 30.2 Å². The molecule has 2 aromatic rings. The Bertz CT molecular complexity index is 1170. The number of anilines is 1. The van der Waals surface area contributed by atoms with Crippen molar-refractivity contribution in [2.45, 2.75) is 42.9 Å². The summed E-state index contributed by atoms with van der Waals surface area (Å²) in [6.07, 6.45) is -5.20. The highest BCUT2D eigenvalue weighted by Gasteiger charge is 2.69. The summed E-state index contributed by atoms with van der Waals surface area (Å²) in [5.74, 6) is -3.48. The van der Waals surface area contributed by atoms with Crippen molar-refractivity contribution in [3.63, 3.8) is 0 Å². The van der Waals surface area contributed by atoms with Gasteiger partial charge in [-0.15, -0.1) is 0 Å². The van der Waals surface area contributed by atoms with Crippen molar-refractivity contribution < 1.29 is 27.2 Å². The van der Waals surface area contributed by atoms with Crippen LogP contribution in [0.2, 0.25) is 10.0 Å². The fraction of sp³-hybridized carbons (Fsp3) is 0.391. The molecule has 33 heavy (non-hydrogen) atoms. The normalized spacial score (nSPS) is 29.0. The van der Waals surface area contributed by atoms with Crippen molar-refractivity contribution in [1.82, 2.24) is 4.90 Å². The lowest BCUT2D eigenvalue weighted by Crippen LogP contribution is -2.53. The molecular weight excluding hydrogens is 483 g/mol. The lowest BCUT2D eigenvalue weighted by Gasteiger charge is -2.40. The molecule has 0 aromatic heterocycles. The molecule has 1 saturated carbocycles. The molecule has 2 aromatic carbocycles. The van der Waals surface area contributed by atoms with Gasteiger partial charge >= 0.3 is 6.18 Å². The second kappa shape index (κ2) is 7.68. The Kier molecular flexibility index (Phi) is 5.27. The zero-order valence-electron chi connectivity index (χ0n) is 17.1. The van der Waals surface area contributed by atoms with Gasteiger partial charge in [-0.2, -0.15) is 13.2 Å². The molecule has 2 aliphatic heterocycles. The SMILES string of the molecule is O=C1CC[C@H]2[C@@H]1[C@H](c1cccc(Cl)c1F)[C@]1(C(=O)Nc3cc(Cl)ccc31)N2CCC(F)(F)F. The van der Waals surface area contributed by atoms with Crippen molar-refractivity contribution in [2.24, 2.45) is 5.92 Å². The molecule has 1 saturated heterocycles. The Hall–Kier alpha value is -2.16. The van der Waals surface area contributed by atoms with Gasteiger partial charge < -0.3 is 5.32 Å². The molecule has 2 fully saturated rings. The molecule has 3 aliphatic rings. The quantitative estimate of drug-likeness (QED) is 0.551. The number of halogens is 6. The predicted molar refractivity (Wildman–Crippen MR) is 115 cm³/mol. The van der Waals surface area contributed by atoms with Crippen molar-refractivity contribution >= 4 is 40.6 Å². The van der Waals surface area contributed by atoms with Crippen LogP contribution in [-0.4, -0.2) is 35.4 Å². The van der Waals surface area contributed by atoms with Gasteiger partial charge in [0.25, 0.3) is 0 Å². The van der Waals surface area contributed by atoms with E-state index in [4.69, 9.17) is 23.2 Å². The number of carbonyl (C=O) groups excluding carboxylic acids is 2. The van der Waals surface area contributed by atoms with Gasteiger partial charge in [0.2, 0.25) is 5.91 Å². The summed E-state index contributed by atoms with van der Waals surface area (Å²) in [5, 5.41) is 2.86. The van der Waals surface area contributed by atoms with Crippen LogP contribution >= 0.6 is 23.2 Å². The summed E-state index contributed by atoms with van der Waals surface area (Å²) in [6.45, 7) is -0.508. The molecule has 1 amide bonds. The van der Waals surface area contributed by atoms with Gasteiger partial charge in [0.05, 0.1) is 11.4 Å². The van der Waals surface area contributed by atoms with E-state index in [1.54, 1.807) is 6.07 Å². The third kappa shape index (κ3) is 3.29. The summed E-state index contributed by atoms with van der Waals surface area (Å²) in [7, 11) is 0. The highest BCUT2D eigenvalue weighted by atomic mass is 35.5. The number of likely N-dealkylation sites (tertiary alicyclic amines) is 1. The lowest BCUT2D eigenvalue weighted by atomic mass is 9.71. The molecule has 4 nitrogen and oxygen atoms in total. The van der Waals surface area contributed by atoms with E-state index in [-0.39, 0.29) is 29.2 Å². The molecule has 5 rings (SSSR count). The maximum absolute atomic E-state index is 15.3. The van der Waals surface area contributed by atoms with E-state index in [9.17, 15) is 22.8 Å². The topological polar surface area (TPSA) is 49.4 Å². The first-order valence-electron chi connectivity index (χ1n) is 10.5. The van der Waals surface area contributed by atoms with Crippen molar-refractivity contribution in [1.29, 1.82) is 0 Å². The van der Waals surface area contributed by atoms with E-state index in [1.165, 1.54) is 35.2 Å². The smallest absolute Gasteiger partial charge is 0.324 e. The first-order valence-corrected chi connectivity index (χ1v) is 11.2. The van der Waals surface area contributed by atoms with Gasteiger partial charge in [0.15, 0.2) is 0 Å². The van der Waals surface area contributed by atoms with Crippen LogP contribution in [0.3, 0.4) is 0 Å². The van der Waals surface area contributed by atoms with Crippen molar-refractivity contribution in [2.75, 3.05) is 11.9 Å². The van der Waals surface area contributed by atoms with Crippen LogP contribution in [0.5, 0.6) is 0 Å². The molecular formula is C23H18Cl2F4N2O2. The Labute approximate surface area is 196 Å². The molecule has 2 heterocycles. The number of benzene rings is 2. The van der Waals surface area contributed by atoms with Crippen LogP contribution < -0.4 is 5.32 Å². The summed E-state index contributed by atoms with van der Waals surface area (Å²) in [5.41, 5.74) is -0.947. The zero-order valence-corrected chi connectivity index (χ0v) is 18.6. The molecule has 0 unspecified atom stereocenters. The van der Waals surface area contributed by atoms with E-state index in [0.29, 0.717) is 16.3 Å². The highest BCUT2D eigenvalue weighted by molar-refractivity contribution is 6.31. The van der Waals surface area contributed by atoms with Crippen molar-refractivity contribution in [3.8, 4) is 0 Å². The summed E-state index contributed by atoms with van der Waals surface area (Å²) in [6, 6.07) is 8.27. The maximum atomic E-state index is 15.3. The first kappa shape index (κ1) is 22.6. The lowest BCUT2D eigenvalue weighted by molar-refractivity contribution is -0.146. The van der Waals surface area contributed by atoms with Crippen molar-refractivity contribution in [3.05, 3.63) is 63.4 Å². The second-order valence-corrected chi connectivity index (χ2v) is 9.53. The van der Waals surface area contributed by atoms with Gasteiger partial charge in [-0.3, -0.25) is 14.5 Å². The number of amides is 1. The van der Waals surface area contributed by atoms with Gasteiger partial charge in [-0.25, -0.2) is 4.39 Å². The fourth-order valence-corrected chi connectivity index (χ4v) is 6.32. The first-order chi connectivity index (χ1) is 15.6. The fourth-order valence-electron chi connectivity index (χ4n) is 5.96. The number of hydrogen-bond donors (Lipinski definition) is 1. The third-order valence-corrected chi connectivity index (χ3v) is 7.60. The molecule has 0 radical (unpaired) electrons. The van der Waals surface area contributed by atoms with Crippen LogP contribution in [0.25, 0.3) is 0 Å². The van der Waals surface area contributed by atoms with E-state index in [2.05, 4.69) is 5.32 Å². The van der Waals surface area contributed by atoms with Crippen LogP contribution in [-0.2, 0) is 15.1 Å². The Morgan fingerprint density at radius 1 is 1.15 bits per heavy atom. The number of alkyl halides is 3. The monoisotopic (exact) mass is 500 g/mol. The Morgan fingerprint density at radius 3 is 2.64 bits per heavy atom. The molecule has 1 N–H and O–H groups in total.